The summed E-state index contributed by atoms with van der Waals surface area (Å²) in [5.74, 6) is 0. The zero-order valence-electron chi connectivity index (χ0n) is 21.5. The molecule has 2 fully saturated rings. The van der Waals surface area contributed by atoms with Crippen LogP contribution in [0.25, 0.3) is 0 Å². The van der Waals surface area contributed by atoms with Gasteiger partial charge < -0.3 is 40.9 Å². The van der Waals surface area contributed by atoms with Crippen molar-refractivity contribution >= 4 is 46.9 Å². The van der Waals surface area contributed by atoms with Gasteiger partial charge in [-0.25, -0.2) is 19.2 Å². The SMILES string of the molecule is Cc1ccc2cc1NC(=O)N1CCN(CC1)C(=O)Nc1cc(ccc1C)NC(=O)N1CCN(CC1)C(=O)N2. The van der Waals surface area contributed by atoms with Crippen molar-refractivity contribution in [2.75, 3.05) is 73.6 Å². The number of nitrogens with one attached hydrogen (secondary N) is 4. The van der Waals surface area contributed by atoms with Crippen LogP contribution in [0.15, 0.2) is 36.4 Å². The molecule has 6 heterocycles. The first-order valence-corrected chi connectivity index (χ1v) is 12.7. The van der Waals surface area contributed by atoms with Gasteiger partial charge in [-0.2, -0.15) is 0 Å². The van der Waals surface area contributed by atoms with Crippen molar-refractivity contribution in [3.8, 4) is 0 Å². The van der Waals surface area contributed by atoms with Gasteiger partial charge in [-0.3, -0.25) is 0 Å². The number of amides is 8. The third-order valence-electron chi connectivity index (χ3n) is 7.17. The molecule has 0 unspecified atom stereocenters. The fourth-order valence-electron chi connectivity index (χ4n) is 4.69. The summed E-state index contributed by atoms with van der Waals surface area (Å²) in [5.41, 5.74) is 4.06. The quantitative estimate of drug-likeness (QED) is 0.424. The molecule has 0 saturated carbocycles. The van der Waals surface area contributed by atoms with Crippen molar-refractivity contribution in [1.29, 1.82) is 0 Å². The molecule has 4 N–H and O–H groups in total. The Bertz CT molecular complexity index is 1170. The Morgan fingerprint density at radius 1 is 0.474 bits per heavy atom. The van der Waals surface area contributed by atoms with E-state index in [1.165, 1.54) is 0 Å². The third kappa shape index (κ3) is 5.43. The molecule has 0 spiro atoms. The van der Waals surface area contributed by atoms with Gasteiger partial charge in [-0.15, -0.1) is 0 Å². The molecule has 200 valence electrons. The third-order valence-corrected chi connectivity index (χ3v) is 7.17. The van der Waals surface area contributed by atoms with E-state index in [2.05, 4.69) is 21.3 Å². The number of nitrogens with zero attached hydrogens (tertiary/aromatic N) is 4. The number of rotatable bonds is 0. The van der Waals surface area contributed by atoms with Crippen LogP contribution in [0, 0.1) is 13.8 Å². The number of aryl methyl sites for hydroxylation is 2. The normalized spacial score (nSPS) is 18.8. The monoisotopic (exact) mass is 520 g/mol. The largest absolute Gasteiger partial charge is 0.321 e. The van der Waals surface area contributed by atoms with E-state index in [9.17, 15) is 19.2 Å². The van der Waals surface area contributed by atoms with Crippen LogP contribution >= 0.6 is 0 Å². The van der Waals surface area contributed by atoms with Crippen LogP contribution in [0.4, 0.5) is 41.9 Å². The van der Waals surface area contributed by atoms with Gasteiger partial charge in [0.1, 0.15) is 0 Å². The minimum Gasteiger partial charge on any atom is -0.321 e. The molecule has 2 aromatic carbocycles. The molecule has 38 heavy (non-hydrogen) atoms. The maximum absolute atomic E-state index is 13.0. The average molecular weight is 521 g/mol. The van der Waals surface area contributed by atoms with E-state index in [1.54, 1.807) is 43.9 Å². The highest BCUT2D eigenvalue weighted by molar-refractivity contribution is 5.95. The lowest BCUT2D eigenvalue weighted by Gasteiger charge is -2.35. The molecule has 2 saturated heterocycles. The van der Waals surface area contributed by atoms with Crippen LogP contribution in [-0.2, 0) is 0 Å². The molecule has 0 aliphatic carbocycles. The molecule has 6 aliphatic rings. The number of carbonyl (C=O) groups is 4. The molecule has 6 aliphatic heterocycles. The maximum atomic E-state index is 13.0. The van der Waals surface area contributed by atoms with Crippen molar-refractivity contribution in [3.63, 3.8) is 0 Å². The van der Waals surface area contributed by atoms with Crippen LogP contribution in [0.3, 0.4) is 0 Å². The number of anilines is 4. The van der Waals surface area contributed by atoms with Crippen molar-refractivity contribution in [2.45, 2.75) is 13.8 Å². The van der Waals surface area contributed by atoms with Crippen LogP contribution in [0.2, 0.25) is 0 Å². The number of piperazine rings is 2. The predicted octanol–water partition coefficient (Wildman–Crippen LogP) is 3.38. The van der Waals surface area contributed by atoms with E-state index in [-0.39, 0.29) is 24.1 Å². The minimum absolute atomic E-state index is 0.255. The summed E-state index contributed by atoms with van der Waals surface area (Å²) < 4.78 is 0. The molecule has 8 bridgehead atoms. The Balaban J connectivity index is 1.39. The van der Waals surface area contributed by atoms with Crippen molar-refractivity contribution < 1.29 is 19.2 Å². The van der Waals surface area contributed by atoms with Crippen molar-refractivity contribution in [2.24, 2.45) is 0 Å². The maximum Gasteiger partial charge on any atom is 0.321 e. The molecule has 0 aromatic heterocycles. The lowest BCUT2D eigenvalue weighted by molar-refractivity contribution is 0.156. The summed E-state index contributed by atoms with van der Waals surface area (Å²) in [4.78, 5) is 58.4. The van der Waals surface area contributed by atoms with E-state index < -0.39 is 0 Å². The number of carbonyl (C=O) groups excluding carboxylic acids is 4. The highest BCUT2D eigenvalue weighted by atomic mass is 16.2. The zero-order chi connectivity index (χ0) is 26.8. The summed E-state index contributed by atoms with van der Waals surface area (Å²) in [7, 11) is 0. The van der Waals surface area contributed by atoms with E-state index in [1.807, 2.05) is 26.0 Å². The Labute approximate surface area is 220 Å². The molecule has 0 atom stereocenters. The van der Waals surface area contributed by atoms with Crippen LogP contribution in [0.1, 0.15) is 11.1 Å². The second-order valence-electron chi connectivity index (χ2n) is 9.73. The van der Waals surface area contributed by atoms with Crippen LogP contribution < -0.4 is 21.3 Å². The summed E-state index contributed by atoms with van der Waals surface area (Å²) in [6.45, 7) is 6.84. The molecule has 0 radical (unpaired) electrons. The van der Waals surface area contributed by atoms with Gasteiger partial charge in [0.05, 0.1) is 0 Å². The van der Waals surface area contributed by atoms with E-state index in [0.717, 1.165) is 11.1 Å². The first-order chi connectivity index (χ1) is 18.3. The van der Waals surface area contributed by atoms with E-state index in [4.69, 9.17) is 0 Å². The highest BCUT2D eigenvalue weighted by Gasteiger charge is 2.27. The lowest BCUT2D eigenvalue weighted by Crippen LogP contribution is -2.53. The van der Waals surface area contributed by atoms with Crippen LogP contribution in [-0.4, -0.2) is 96.1 Å². The van der Waals surface area contributed by atoms with Gasteiger partial charge in [0, 0.05) is 75.1 Å². The van der Waals surface area contributed by atoms with Gasteiger partial charge in [0.15, 0.2) is 0 Å². The summed E-state index contributed by atoms with van der Waals surface area (Å²) in [6, 6.07) is 9.70. The predicted molar refractivity (Wildman–Crippen MR) is 145 cm³/mol. The molecule has 2 aromatic rings. The topological polar surface area (TPSA) is 129 Å². The van der Waals surface area contributed by atoms with Crippen molar-refractivity contribution in [1.82, 2.24) is 19.6 Å². The van der Waals surface area contributed by atoms with Crippen molar-refractivity contribution in [3.05, 3.63) is 47.5 Å². The molecule has 8 rings (SSSR count). The summed E-state index contributed by atoms with van der Waals surface area (Å²) in [6.07, 6.45) is 0. The first-order valence-electron chi connectivity index (χ1n) is 12.7. The van der Waals surface area contributed by atoms with Gasteiger partial charge in [-0.1, -0.05) is 12.1 Å². The first kappa shape index (κ1) is 25.2. The Kier molecular flexibility index (Phi) is 6.95. The van der Waals surface area contributed by atoms with E-state index in [0.29, 0.717) is 75.1 Å². The standard InChI is InChI=1S/C26H32N8O4/c1-17-3-5-19-15-21(17)29-25(37)33-11-13-34(14-12-33)26(38)30-22-16-20(6-4-18(22)2)28-24(36)32-9-7-31(8-10-32)23(35)27-19/h3-6,15-16H,7-14H2,1-2H3,(H,27,35)(H,28,36)(H,29,37)(H,30,38). The highest BCUT2D eigenvalue weighted by Crippen LogP contribution is 2.24. The molecular weight excluding hydrogens is 488 g/mol. The zero-order valence-corrected chi connectivity index (χ0v) is 21.5. The number of urea groups is 4. The summed E-state index contributed by atoms with van der Waals surface area (Å²) in [5, 5.41) is 11.7. The Hall–Kier alpha value is -4.48. The van der Waals surface area contributed by atoms with Gasteiger partial charge in [0.25, 0.3) is 0 Å². The van der Waals surface area contributed by atoms with Gasteiger partial charge >= 0.3 is 24.1 Å². The molecule has 12 nitrogen and oxygen atoms in total. The summed E-state index contributed by atoms with van der Waals surface area (Å²) >= 11 is 0. The number of hydrogen-bond donors (Lipinski definition) is 4. The number of benzene rings is 2. The molecule has 12 heteroatoms. The molecule has 8 amide bonds. The average Bonchev–Trinajstić information content (AvgIpc) is 2.92. The molecular formula is C26H32N8O4. The van der Waals surface area contributed by atoms with E-state index >= 15 is 0 Å². The van der Waals surface area contributed by atoms with Crippen LogP contribution in [0.5, 0.6) is 0 Å². The lowest BCUT2D eigenvalue weighted by atomic mass is 10.1. The second-order valence-corrected chi connectivity index (χ2v) is 9.73. The Morgan fingerprint density at radius 3 is 1.08 bits per heavy atom. The smallest absolute Gasteiger partial charge is 0.321 e. The van der Waals surface area contributed by atoms with Gasteiger partial charge in [-0.05, 0) is 49.2 Å². The number of hydrogen-bond acceptors (Lipinski definition) is 4. The second kappa shape index (κ2) is 10.5. The van der Waals surface area contributed by atoms with Gasteiger partial charge in [0.2, 0.25) is 0 Å². The fourth-order valence-corrected chi connectivity index (χ4v) is 4.69. The fraction of sp³-hybridized carbons (Fsp3) is 0.385. The minimum atomic E-state index is -0.261. The Morgan fingerprint density at radius 2 is 0.763 bits per heavy atom.